The van der Waals surface area contributed by atoms with Gasteiger partial charge in [-0.3, -0.25) is 9.59 Å². The van der Waals surface area contributed by atoms with Gasteiger partial charge < -0.3 is 10.2 Å². The Morgan fingerprint density at radius 3 is 2.45 bits per heavy atom. The summed E-state index contributed by atoms with van der Waals surface area (Å²) in [6.07, 6.45) is 5.15. The highest BCUT2D eigenvalue weighted by molar-refractivity contribution is 6.31. The highest BCUT2D eigenvalue weighted by Crippen LogP contribution is 2.22. The summed E-state index contributed by atoms with van der Waals surface area (Å²) in [7, 11) is 0. The highest BCUT2D eigenvalue weighted by Gasteiger charge is 2.29. The maximum Gasteiger partial charge on any atom is 0.242 e. The fraction of sp³-hybridized carbons (Fsp3) is 0.440. The monoisotopic (exact) mass is 444 g/mol. The van der Waals surface area contributed by atoms with E-state index < -0.39 is 11.9 Å². The molecule has 4 nitrogen and oxygen atoms in total. The second kappa shape index (κ2) is 10.8. The summed E-state index contributed by atoms with van der Waals surface area (Å²) in [5.41, 5.74) is 2.18. The van der Waals surface area contributed by atoms with Crippen molar-refractivity contribution in [3.63, 3.8) is 0 Å². The fourth-order valence-corrected chi connectivity index (χ4v) is 4.23. The van der Waals surface area contributed by atoms with Crippen LogP contribution in [-0.4, -0.2) is 28.8 Å². The average molecular weight is 445 g/mol. The number of hydrogen-bond donors (Lipinski definition) is 1. The number of nitrogens with zero attached hydrogens (tertiary/aromatic N) is 1. The molecule has 2 aromatic rings. The summed E-state index contributed by atoms with van der Waals surface area (Å²) in [4.78, 5) is 27.7. The van der Waals surface area contributed by atoms with Gasteiger partial charge in [-0.05, 0) is 44.4 Å². The molecule has 1 aliphatic rings. The Morgan fingerprint density at radius 2 is 1.81 bits per heavy atom. The number of aryl methyl sites for hydroxylation is 1. The average Bonchev–Trinajstić information content (AvgIpc) is 2.76. The van der Waals surface area contributed by atoms with E-state index in [4.69, 9.17) is 11.6 Å². The van der Waals surface area contributed by atoms with Crippen molar-refractivity contribution in [2.75, 3.05) is 0 Å². The first kappa shape index (κ1) is 23.3. The third kappa shape index (κ3) is 6.30. The van der Waals surface area contributed by atoms with Crippen molar-refractivity contribution in [3.05, 3.63) is 70.0 Å². The zero-order valence-corrected chi connectivity index (χ0v) is 18.9. The Balaban J connectivity index is 1.79. The van der Waals surface area contributed by atoms with E-state index in [9.17, 15) is 14.0 Å². The van der Waals surface area contributed by atoms with Crippen LogP contribution in [0.25, 0.3) is 0 Å². The van der Waals surface area contributed by atoms with Gasteiger partial charge in [0.25, 0.3) is 0 Å². The molecule has 0 radical (unpaired) electrons. The number of carbonyl (C=O) groups excluding carboxylic acids is 2. The SMILES string of the molecule is Cc1ccc(CN(C(=O)Cc2c(F)cccc2Cl)[C@@H](C)C(=O)NC2CCCCC2)cc1. The topological polar surface area (TPSA) is 49.4 Å². The minimum absolute atomic E-state index is 0.154. The number of nitrogens with one attached hydrogen (secondary N) is 1. The van der Waals surface area contributed by atoms with Crippen LogP contribution in [0.3, 0.4) is 0 Å². The Bertz CT molecular complexity index is 890. The van der Waals surface area contributed by atoms with Gasteiger partial charge >= 0.3 is 0 Å². The maximum atomic E-state index is 14.3. The van der Waals surface area contributed by atoms with E-state index in [0.29, 0.717) is 0 Å². The standard InChI is InChI=1S/C25H30ClFN2O2/c1-17-11-13-19(14-12-17)16-29(18(2)25(31)28-20-7-4-3-5-8-20)24(30)15-21-22(26)9-6-10-23(21)27/h6,9-14,18,20H,3-5,7-8,15-16H2,1-2H3,(H,28,31)/t18-/m0/s1. The van der Waals surface area contributed by atoms with E-state index in [0.717, 1.165) is 36.8 Å². The first-order valence-electron chi connectivity index (χ1n) is 10.9. The molecular formula is C25H30ClFN2O2. The second-order valence-corrected chi connectivity index (χ2v) is 8.81. The van der Waals surface area contributed by atoms with Gasteiger partial charge in [0, 0.05) is 23.2 Å². The van der Waals surface area contributed by atoms with E-state index in [2.05, 4.69) is 5.32 Å². The maximum absolute atomic E-state index is 14.3. The number of halogens is 2. The quantitative estimate of drug-likeness (QED) is 0.638. The molecule has 0 heterocycles. The Kier molecular flexibility index (Phi) is 8.08. The van der Waals surface area contributed by atoms with Crippen LogP contribution in [0.2, 0.25) is 5.02 Å². The lowest BCUT2D eigenvalue weighted by Gasteiger charge is -2.31. The van der Waals surface area contributed by atoms with Crippen molar-refractivity contribution >= 4 is 23.4 Å². The van der Waals surface area contributed by atoms with Crippen LogP contribution < -0.4 is 5.32 Å². The molecule has 0 saturated heterocycles. The van der Waals surface area contributed by atoms with Crippen LogP contribution in [0.15, 0.2) is 42.5 Å². The summed E-state index contributed by atoms with van der Waals surface area (Å²) < 4.78 is 14.3. The van der Waals surface area contributed by atoms with E-state index in [-0.39, 0.29) is 41.4 Å². The van der Waals surface area contributed by atoms with Crippen molar-refractivity contribution in [1.29, 1.82) is 0 Å². The number of amides is 2. The van der Waals surface area contributed by atoms with E-state index in [1.165, 1.54) is 23.5 Å². The van der Waals surface area contributed by atoms with Gasteiger partial charge in [0.05, 0.1) is 6.42 Å². The smallest absolute Gasteiger partial charge is 0.242 e. The van der Waals surface area contributed by atoms with Crippen molar-refractivity contribution < 1.29 is 14.0 Å². The number of carbonyl (C=O) groups is 2. The molecule has 1 atom stereocenters. The normalized spacial score (nSPS) is 15.4. The molecule has 166 valence electrons. The Morgan fingerprint density at radius 1 is 1.13 bits per heavy atom. The fourth-order valence-electron chi connectivity index (χ4n) is 4.00. The molecule has 0 aromatic heterocycles. The first-order valence-corrected chi connectivity index (χ1v) is 11.3. The summed E-state index contributed by atoms with van der Waals surface area (Å²) >= 11 is 6.14. The predicted octanol–water partition coefficient (Wildman–Crippen LogP) is 5.20. The van der Waals surface area contributed by atoms with Crippen LogP contribution in [0.5, 0.6) is 0 Å². The van der Waals surface area contributed by atoms with E-state index >= 15 is 0 Å². The molecule has 0 bridgehead atoms. The van der Waals surface area contributed by atoms with Gasteiger partial charge in [-0.1, -0.05) is 66.8 Å². The van der Waals surface area contributed by atoms with Gasteiger partial charge in [-0.15, -0.1) is 0 Å². The summed E-state index contributed by atoms with van der Waals surface area (Å²) in [6, 6.07) is 11.7. The van der Waals surface area contributed by atoms with Crippen molar-refractivity contribution in [2.45, 2.75) is 71.0 Å². The van der Waals surface area contributed by atoms with Gasteiger partial charge in [0.1, 0.15) is 11.9 Å². The van der Waals surface area contributed by atoms with E-state index in [1.54, 1.807) is 13.0 Å². The lowest BCUT2D eigenvalue weighted by atomic mass is 9.95. The third-order valence-corrected chi connectivity index (χ3v) is 6.34. The molecule has 2 amide bonds. The Hall–Kier alpha value is -2.40. The van der Waals surface area contributed by atoms with Crippen molar-refractivity contribution in [1.82, 2.24) is 10.2 Å². The molecule has 2 aromatic carbocycles. The Labute approximate surface area is 188 Å². The van der Waals surface area contributed by atoms with Crippen molar-refractivity contribution in [3.8, 4) is 0 Å². The molecule has 1 saturated carbocycles. The number of rotatable bonds is 7. The molecule has 0 aliphatic heterocycles. The summed E-state index contributed by atoms with van der Waals surface area (Å²) in [5.74, 6) is -1.03. The van der Waals surface area contributed by atoms with Crippen LogP contribution in [0.1, 0.15) is 55.7 Å². The van der Waals surface area contributed by atoms with Gasteiger partial charge in [-0.2, -0.15) is 0 Å². The number of hydrogen-bond acceptors (Lipinski definition) is 2. The van der Waals surface area contributed by atoms with Crippen LogP contribution in [0.4, 0.5) is 4.39 Å². The molecule has 3 rings (SSSR count). The molecule has 1 N–H and O–H groups in total. The van der Waals surface area contributed by atoms with Crippen molar-refractivity contribution in [2.24, 2.45) is 0 Å². The van der Waals surface area contributed by atoms with Crippen LogP contribution >= 0.6 is 11.6 Å². The molecule has 31 heavy (non-hydrogen) atoms. The number of benzene rings is 2. The predicted molar refractivity (Wildman–Crippen MR) is 121 cm³/mol. The lowest BCUT2D eigenvalue weighted by molar-refractivity contribution is -0.140. The summed E-state index contributed by atoms with van der Waals surface area (Å²) in [6.45, 7) is 3.99. The minimum atomic E-state index is -0.679. The van der Waals surface area contributed by atoms with Gasteiger partial charge in [0.15, 0.2) is 0 Å². The zero-order valence-electron chi connectivity index (χ0n) is 18.2. The second-order valence-electron chi connectivity index (χ2n) is 8.40. The molecule has 1 fully saturated rings. The van der Waals surface area contributed by atoms with E-state index in [1.807, 2.05) is 31.2 Å². The molecule has 1 aliphatic carbocycles. The van der Waals surface area contributed by atoms with Crippen LogP contribution in [0, 0.1) is 12.7 Å². The van der Waals surface area contributed by atoms with Gasteiger partial charge in [0.2, 0.25) is 11.8 Å². The summed E-state index contributed by atoms with van der Waals surface area (Å²) in [5, 5.41) is 3.31. The largest absolute Gasteiger partial charge is 0.352 e. The molecule has 0 unspecified atom stereocenters. The third-order valence-electron chi connectivity index (χ3n) is 5.98. The highest BCUT2D eigenvalue weighted by atomic mass is 35.5. The molecule has 6 heteroatoms. The zero-order chi connectivity index (χ0) is 22.4. The van der Waals surface area contributed by atoms with Crippen LogP contribution in [-0.2, 0) is 22.6 Å². The molecular weight excluding hydrogens is 415 g/mol. The minimum Gasteiger partial charge on any atom is -0.352 e. The first-order chi connectivity index (χ1) is 14.8. The lowest BCUT2D eigenvalue weighted by Crippen LogP contribution is -2.50. The molecule has 0 spiro atoms. The van der Waals surface area contributed by atoms with Gasteiger partial charge in [-0.25, -0.2) is 4.39 Å².